The molecule has 0 spiro atoms. The Morgan fingerprint density at radius 3 is 1.50 bits per heavy atom. The molecule has 0 bridgehead atoms. The summed E-state index contributed by atoms with van der Waals surface area (Å²) >= 11 is 0. The van der Waals surface area contributed by atoms with E-state index in [1.807, 2.05) is 0 Å². The molecule has 6 heteroatoms. The number of hydrogen-bond donors (Lipinski definition) is 2. The average molecular weight is 227 g/mol. The third kappa shape index (κ3) is 10.8. The van der Waals surface area contributed by atoms with Crippen molar-refractivity contribution in [2.24, 2.45) is 0 Å². The van der Waals surface area contributed by atoms with E-state index < -0.39 is 0 Å². The molecule has 2 N–H and O–H groups in total. The van der Waals surface area contributed by atoms with Crippen LogP contribution in [0.5, 0.6) is 0 Å². The van der Waals surface area contributed by atoms with Crippen molar-refractivity contribution in [2.45, 2.75) is 37.8 Å². The second kappa shape index (κ2) is 11.8. The molecule has 0 aromatic heterocycles. The Kier molecular flexibility index (Phi) is 12.6. The van der Waals surface area contributed by atoms with Crippen LogP contribution in [-0.4, -0.2) is 40.2 Å². The van der Waals surface area contributed by atoms with Crippen LogP contribution in [0.3, 0.4) is 0 Å². The van der Waals surface area contributed by atoms with E-state index in [9.17, 15) is 0 Å². The summed E-state index contributed by atoms with van der Waals surface area (Å²) < 4.78 is 5.99. The van der Waals surface area contributed by atoms with Gasteiger partial charge in [-0.3, -0.25) is 0 Å². The maximum atomic E-state index is 3.25. The summed E-state index contributed by atoms with van der Waals surface area (Å²) in [5.41, 5.74) is 0. The molecule has 0 amide bonds. The Bertz CT molecular complexity index is 73.9. The van der Waals surface area contributed by atoms with Crippen molar-refractivity contribution in [2.75, 3.05) is 0 Å². The Morgan fingerprint density at radius 2 is 1.17 bits per heavy atom. The third-order valence-electron chi connectivity index (χ3n) is 1.53. The van der Waals surface area contributed by atoms with Gasteiger partial charge < -0.3 is 9.30 Å². The molecule has 0 saturated heterocycles. The Labute approximate surface area is 87.5 Å². The molecule has 64 valence electrons. The van der Waals surface area contributed by atoms with Crippen molar-refractivity contribution in [3.8, 4) is 0 Å². The van der Waals surface area contributed by atoms with Gasteiger partial charge in [0.15, 0.2) is 0 Å². The molecule has 0 aliphatic carbocycles. The lowest BCUT2D eigenvalue weighted by Gasteiger charge is -1.99. The Morgan fingerprint density at radius 1 is 0.750 bits per heavy atom. The van der Waals surface area contributed by atoms with E-state index in [1.54, 1.807) is 0 Å². The van der Waals surface area contributed by atoms with Gasteiger partial charge in [0, 0.05) is 0 Å². The van der Waals surface area contributed by atoms with E-state index in [0.29, 0.717) is 0 Å². The van der Waals surface area contributed by atoms with Crippen molar-refractivity contribution < 1.29 is 0 Å². The van der Waals surface area contributed by atoms with Crippen LogP contribution in [0.4, 0.5) is 0 Å². The molecular formula is C6H14N2Si4. The first-order valence-electron chi connectivity index (χ1n) is 4.21. The standard InChI is InChI=1S/C6H14N2Si4/c9-7-11-5-3-1-2-4-6-12-8-10/h7-8H,1-6H2. The van der Waals surface area contributed by atoms with Gasteiger partial charge in [-0.25, -0.2) is 0 Å². The summed E-state index contributed by atoms with van der Waals surface area (Å²) in [6.45, 7) is 0. The van der Waals surface area contributed by atoms with E-state index in [1.165, 1.54) is 37.8 Å². The first kappa shape index (κ1) is 12.8. The summed E-state index contributed by atoms with van der Waals surface area (Å²) in [5, 5.41) is 0. The van der Waals surface area contributed by atoms with Crippen LogP contribution in [0.15, 0.2) is 0 Å². The van der Waals surface area contributed by atoms with Crippen LogP contribution in [0.25, 0.3) is 0 Å². The highest BCUT2D eigenvalue weighted by molar-refractivity contribution is 6.42. The summed E-state index contributed by atoms with van der Waals surface area (Å²) in [4.78, 5) is 0. The topological polar surface area (TPSA) is 24.1 Å². The fraction of sp³-hybridized carbons (Fsp3) is 1.00. The van der Waals surface area contributed by atoms with Crippen LogP contribution < -0.4 is 9.30 Å². The van der Waals surface area contributed by atoms with Crippen molar-refractivity contribution >= 4 is 40.2 Å². The zero-order valence-corrected chi connectivity index (χ0v) is 11.2. The van der Waals surface area contributed by atoms with Gasteiger partial charge in [-0.2, -0.15) is 0 Å². The monoisotopic (exact) mass is 226 g/mol. The molecule has 10 radical (unpaired) electrons. The summed E-state index contributed by atoms with van der Waals surface area (Å²) in [6, 6.07) is 2.62. The van der Waals surface area contributed by atoms with Gasteiger partial charge in [-0.1, -0.05) is 25.7 Å². The lowest BCUT2D eigenvalue weighted by Crippen LogP contribution is -2.14. The van der Waals surface area contributed by atoms with Crippen LogP contribution in [0.2, 0.25) is 12.1 Å². The predicted octanol–water partition coefficient (Wildman–Crippen LogP) is -0.0320. The van der Waals surface area contributed by atoms with E-state index >= 15 is 0 Å². The Hall–Kier alpha value is 0.788. The van der Waals surface area contributed by atoms with E-state index in [-0.39, 0.29) is 0 Å². The largest absolute Gasteiger partial charge is 0.365 e. The fourth-order valence-corrected chi connectivity index (χ4v) is 2.76. The van der Waals surface area contributed by atoms with Gasteiger partial charge in [-0.05, 0) is 12.1 Å². The third-order valence-corrected chi connectivity index (χ3v) is 4.15. The molecule has 0 aromatic carbocycles. The van der Waals surface area contributed by atoms with E-state index in [2.05, 4.69) is 30.1 Å². The lowest BCUT2D eigenvalue weighted by molar-refractivity contribution is 0.697. The highest BCUT2D eigenvalue weighted by atomic mass is 28.3. The van der Waals surface area contributed by atoms with Gasteiger partial charge in [-0.15, -0.1) is 0 Å². The van der Waals surface area contributed by atoms with Crippen molar-refractivity contribution in [3.05, 3.63) is 0 Å². The molecule has 0 heterocycles. The van der Waals surface area contributed by atoms with Gasteiger partial charge in [0.2, 0.25) is 0 Å². The fourth-order valence-electron chi connectivity index (χ4n) is 0.905. The minimum absolute atomic E-state index is 0.872. The average Bonchev–Trinajstić information content (AvgIpc) is 2.10. The van der Waals surface area contributed by atoms with Crippen LogP contribution in [-0.2, 0) is 0 Å². The summed E-state index contributed by atoms with van der Waals surface area (Å²) in [6.07, 6.45) is 5.49. The second-order valence-electron chi connectivity index (χ2n) is 2.52. The quantitative estimate of drug-likeness (QED) is 0.426. The van der Waals surface area contributed by atoms with Gasteiger partial charge in [0.05, 0.1) is 0 Å². The second-order valence-corrected chi connectivity index (χ2v) is 6.22. The first-order valence-corrected chi connectivity index (χ1v) is 7.62. The van der Waals surface area contributed by atoms with Crippen molar-refractivity contribution in [1.82, 2.24) is 9.30 Å². The molecule has 0 aliphatic rings. The molecule has 0 fully saturated rings. The van der Waals surface area contributed by atoms with Crippen LogP contribution in [0.1, 0.15) is 25.7 Å². The van der Waals surface area contributed by atoms with E-state index in [0.717, 1.165) is 19.4 Å². The molecule has 2 nitrogen and oxygen atoms in total. The first-order chi connectivity index (χ1) is 5.91. The predicted molar refractivity (Wildman–Crippen MR) is 57.4 cm³/mol. The summed E-state index contributed by atoms with van der Waals surface area (Å²) in [7, 11) is 8.24. The smallest absolute Gasteiger partial charge is 0.132 e. The summed E-state index contributed by atoms with van der Waals surface area (Å²) in [5.74, 6) is 0. The molecule has 12 heavy (non-hydrogen) atoms. The van der Waals surface area contributed by atoms with Crippen molar-refractivity contribution in [1.29, 1.82) is 0 Å². The molecule has 0 rings (SSSR count). The van der Waals surface area contributed by atoms with E-state index in [4.69, 9.17) is 0 Å². The number of rotatable bonds is 9. The minimum Gasteiger partial charge on any atom is -0.365 e. The number of nitrogens with one attached hydrogen (secondary N) is 2. The highest BCUT2D eigenvalue weighted by Gasteiger charge is 1.91. The number of unbranched alkanes of at least 4 members (excludes halogenated alkanes) is 3. The molecular weight excluding hydrogens is 212 g/mol. The van der Waals surface area contributed by atoms with Crippen LogP contribution >= 0.6 is 0 Å². The maximum absolute atomic E-state index is 3.25. The van der Waals surface area contributed by atoms with Gasteiger partial charge in [0.1, 0.15) is 40.2 Å². The molecule has 0 unspecified atom stereocenters. The molecule has 0 aromatic rings. The zero-order chi connectivity index (χ0) is 9.07. The molecule has 0 atom stereocenters. The van der Waals surface area contributed by atoms with Gasteiger partial charge >= 0.3 is 0 Å². The maximum Gasteiger partial charge on any atom is 0.132 e. The molecule has 0 aliphatic heterocycles. The Balaban J connectivity index is 2.73. The van der Waals surface area contributed by atoms with Crippen molar-refractivity contribution in [3.63, 3.8) is 0 Å². The lowest BCUT2D eigenvalue weighted by atomic mass is 10.2. The van der Waals surface area contributed by atoms with Crippen LogP contribution in [0, 0.1) is 0 Å². The normalized spacial score (nSPS) is 10.5. The zero-order valence-electron chi connectivity index (χ0n) is 7.24. The SMILES string of the molecule is [Si]N[Si]CCCCCC[Si]N[Si]. The molecule has 0 saturated carbocycles. The highest BCUT2D eigenvalue weighted by Crippen LogP contribution is 2.04. The number of hydrogen-bond acceptors (Lipinski definition) is 2. The minimum atomic E-state index is 0.872. The van der Waals surface area contributed by atoms with Gasteiger partial charge in [0.25, 0.3) is 0 Å².